The van der Waals surface area contributed by atoms with E-state index in [0.717, 1.165) is 16.8 Å². The predicted molar refractivity (Wildman–Crippen MR) is 150 cm³/mol. The van der Waals surface area contributed by atoms with Crippen LogP contribution in [0.2, 0.25) is 0 Å². The number of piperazine rings is 1. The SMILES string of the molecule is Cc1ccccc1C(=O)N1CCN(c2ccc(NC(=O)c3cc([N+](=O)[O-])ccc3N3CCOCC3)cc2)CC1. The highest BCUT2D eigenvalue weighted by Gasteiger charge is 2.24. The van der Waals surface area contributed by atoms with Gasteiger partial charge in [-0.05, 0) is 48.9 Å². The Labute approximate surface area is 226 Å². The molecule has 0 atom stereocenters. The molecule has 10 nitrogen and oxygen atoms in total. The van der Waals surface area contributed by atoms with Gasteiger partial charge in [-0.15, -0.1) is 0 Å². The van der Waals surface area contributed by atoms with Gasteiger partial charge in [-0.1, -0.05) is 18.2 Å². The lowest BCUT2D eigenvalue weighted by molar-refractivity contribution is -0.384. The predicted octanol–water partition coefficient (Wildman–Crippen LogP) is 3.95. The summed E-state index contributed by atoms with van der Waals surface area (Å²) in [4.78, 5) is 43.2. The molecular weight excluding hydrogens is 498 g/mol. The van der Waals surface area contributed by atoms with Gasteiger partial charge < -0.3 is 24.8 Å². The third-order valence-electron chi connectivity index (χ3n) is 7.22. The van der Waals surface area contributed by atoms with Crippen LogP contribution in [0.15, 0.2) is 66.7 Å². The van der Waals surface area contributed by atoms with Gasteiger partial charge >= 0.3 is 0 Å². The summed E-state index contributed by atoms with van der Waals surface area (Å²) in [6, 6.07) is 19.5. The van der Waals surface area contributed by atoms with E-state index in [4.69, 9.17) is 4.74 Å². The molecule has 0 unspecified atom stereocenters. The van der Waals surface area contributed by atoms with Crippen LogP contribution >= 0.6 is 0 Å². The third kappa shape index (κ3) is 5.85. The summed E-state index contributed by atoms with van der Waals surface area (Å²) < 4.78 is 5.41. The fourth-order valence-corrected chi connectivity index (χ4v) is 5.00. The molecule has 202 valence electrons. The molecule has 2 aliphatic heterocycles. The van der Waals surface area contributed by atoms with Crippen molar-refractivity contribution in [3.05, 3.63) is 93.5 Å². The summed E-state index contributed by atoms with van der Waals surface area (Å²) in [5.41, 5.74) is 4.08. The van der Waals surface area contributed by atoms with Crippen molar-refractivity contribution in [1.82, 2.24) is 4.90 Å². The number of amides is 2. The second-order valence-electron chi connectivity index (χ2n) is 9.65. The maximum absolute atomic E-state index is 13.2. The number of nitrogens with zero attached hydrogens (tertiary/aromatic N) is 4. The number of carbonyl (C=O) groups is 2. The molecule has 2 fully saturated rings. The van der Waals surface area contributed by atoms with Gasteiger partial charge in [0.15, 0.2) is 0 Å². The molecule has 3 aromatic carbocycles. The summed E-state index contributed by atoms with van der Waals surface area (Å²) in [6.07, 6.45) is 0. The highest BCUT2D eigenvalue weighted by Crippen LogP contribution is 2.28. The van der Waals surface area contributed by atoms with E-state index in [2.05, 4.69) is 10.2 Å². The topological polar surface area (TPSA) is 108 Å². The monoisotopic (exact) mass is 529 g/mol. The van der Waals surface area contributed by atoms with E-state index in [9.17, 15) is 19.7 Å². The van der Waals surface area contributed by atoms with E-state index in [-0.39, 0.29) is 17.2 Å². The molecule has 2 amide bonds. The average Bonchev–Trinajstić information content (AvgIpc) is 2.97. The van der Waals surface area contributed by atoms with E-state index in [1.165, 1.54) is 12.1 Å². The quantitative estimate of drug-likeness (QED) is 0.380. The number of aryl methyl sites for hydroxylation is 1. The first-order valence-corrected chi connectivity index (χ1v) is 13.0. The van der Waals surface area contributed by atoms with E-state index in [1.807, 2.05) is 65.3 Å². The number of nitrogens with one attached hydrogen (secondary N) is 1. The number of nitro benzene ring substituents is 1. The molecule has 0 bridgehead atoms. The molecule has 2 aliphatic rings. The number of hydrogen-bond acceptors (Lipinski definition) is 7. The Morgan fingerprint density at radius 1 is 0.846 bits per heavy atom. The molecule has 0 spiro atoms. The molecule has 3 aromatic rings. The van der Waals surface area contributed by atoms with Gasteiger partial charge in [0.1, 0.15) is 0 Å². The third-order valence-corrected chi connectivity index (χ3v) is 7.22. The Balaban J connectivity index is 1.24. The standard InChI is InChI=1S/C29H31N5O5/c1-21-4-2-3-5-25(21)29(36)33-14-12-31(13-15-33)23-8-6-22(7-9-23)30-28(35)26-20-24(34(37)38)10-11-27(26)32-16-18-39-19-17-32/h2-11,20H,12-19H2,1H3,(H,30,35). The number of benzene rings is 3. The zero-order valence-corrected chi connectivity index (χ0v) is 21.8. The van der Waals surface area contributed by atoms with Crippen LogP contribution < -0.4 is 15.1 Å². The lowest BCUT2D eigenvalue weighted by atomic mass is 10.1. The fourth-order valence-electron chi connectivity index (χ4n) is 5.00. The highest BCUT2D eigenvalue weighted by molar-refractivity contribution is 6.08. The molecule has 39 heavy (non-hydrogen) atoms. The van der Waals surface area contributed by atoms with Crippen molar-refractivity contribution < 1.29 is 19.2 Å². The van der Waals surface area contributed by atoms with Crippen LogP contribution in [0.3, 0.4) is 0 Å². The van der Waals surface area contributed by atoms with E-state index in [1.54, 1.807) is 6.07 Å². The van der Waals surface area contributed by atoms with Crippen molar-refractivity contribution in [2.75, 3.05) is 67.6 Å². The second kappa shape index (κ2) is 11.5. The molecule has 0 aromatic heterocycles. The van der Waals surface area contributed by atoms with E-state index < -0.39 is 10.8 Å². The van der Waals surface area contributed by atoms with Crippen molar-refractivity contribution >= 4 is 34.6 Å². The molecule has 0 radical (unpaired) electrons. The summed E-state index contributed by atoms with van der Waals surface area (Å²) >= 11 is 0. The van der Waals surface area contributed by atoms with Gasteiger partial charge in [-0.3, -0.25) is 19.7 Å². The Kier molecular flexibility index (Phi) is 7.74. The zero-order chi connectivity index (χ0) is 27.4. The second-order valence-corrected chi connectivity index (χ2v) is 9.65. The Hall–Kier alpha value is -4.44. The number of rotatable bonds is 6. The number of nitro groups is 1. The number of anilines is 3. The number of hydrogen-bond donors (Lipinski definition) is 1. The van der Waals surface area contributed by atoms with Gasteiger partial charge in [0, 0.05) is 68.3 Å². The number of morpholine rings is 1. The van der Waals surface area contributed by atoms with Crippen molar-refractivity contribution in [2.45, 2.75) is 6.92 Å². The average molecular weight is 530 g/mol. The molecule has 1 N–H and O–H groups in total. The molecular formula is C29H31N5O5. The molecule has 0 aliphatic carbocycles. The van der Waals surface area contributed by atoms with E-state index in [0.29, 0.717) is 63.9 Å². The van der Waals surface area contributed by atoms with Crippen LogP contribution in [0.25, 0.3) is 0 Å². The summed E-state index contributed by atoms with van der Waals surface area (Å²) in [6.45, 7) is 6.91. The normalized spacial score (nSPS) is 15.7. The molecule has 0 saturated carbocycles. The lowest BCUT2D eigenvalue weighted by Crippen LogP contribution is -2.48. The van der Waals surface area contributed by atoms with Gasteiger partial charge in [0.25, 0.3) is 17.5 Å². The largest absolute Gasteiger partial charge is 0.378 e. The maximum atomic E-state index is 13.2. The minimum absolute atomic E-state index is 0.0587. The lowest BCUT2D eigenvalue weighted by Gasteiger charge is -2.36. The summed E-state index contributed by atoms with van der Waals surface area (Å²) in [5, 5.41) is 14.3. The summed E-state index contributed by atoms with van der Waals surface area (Å²) in [7, 11) is 0. The Morgan fingerprint density at radius 2 is 1.54 bits per heavy atom. The van der Waals surface area contributed by atoms with Crippen molar-refractivity contribution in [3.8, 4) is 0 Å². The molecule has 10 heteroatoms. The van der Waals surface area contributed by atoms with Crippen LogP contribution in [-0.4, -0.2) is 74.1 Å². The van der Waals surface area contributed by atoms with Crippen molar-refractivity contribution in [3.63, 3.8) is 0 Å². The zero-order valence-electron chi connectivity index (χ0n) is 21.8. The van der Waals surface area contributed by atoms with Gasteiger partial charge in [0.05, 0.1) is 29.4 Å². The molecule has 5 rings (SSSR count). The highest BCUT2D eigenvalue weighted by atomic mass is 16.6. The fraction of sp³-hybridized carbons (Fsp3) is 0.310. The van der Waals surface area contributed by atoms with Gasteiger partial charge in [-0.2, -0.15) is 0 Å². The molecule has 2 saturated heterocycles. The van der Waals surface area contributed by atoms with Gasteiger partial charge in [0.2, 0.25) is 0 Å². The number of non-ortho nitro benzene ring substituents is 1. The van der Waals surface area contributed by atoms with Crippen molar-refractivity contribution in [2.24, 2.45) is 0 Å². The maximum Gasteiger partial charge on any atom is 0.270 e. The summed E-state index contributed by atoms with van der Waals surface area (Å²) in [5.74, 6) is -0.348. The Morgan fingerprint density at radius 3 is 2.21 bits per heavy atom. The first-order chi connectivity index (χ1) is 18.9. The van der Waals surface area contributed by atoms with E-state index >= 15 is 0 Å². The first-order valence-electron chi connectivity index (χ1n) is 13.0. The van der Waals surface area contributed by atoms with Crippen LogP contribution in [-0.2, 0) is 4.74 Å². The smallest absolute Gasteiger partial charge is 0.270 e. The van der Waals surface area contributed by atoms with Crippen molar-refractivity contribution in [1.29, 1.82) is 0 Å². The Bertz CT molecular complexity index is 1360. The van der Waals surface area contributed by atoms with Crippen LogP contribution in [0, 0.1) is 17.0 Å². The van der Waals surface area contributed by atoms with Crippen LogP contribution in [0.4, 0.5) is 22.7 Å². The first kappa shape index (κ1) is 26.2. The van der Waals surface area contributed by atoms with Gasteiger partial charge in [-0.25, -0.2) is 0 Å². The van der Waals surface area contributed by atoms with Crippen LogP contribution in [0.5, 0.6) is 0 Å². The minimum Gasteiger partial charge on any atom is -0.378 e. The number of ether oxygens (including phenoxy) is 1. The minimum atomic E-state index is -0.497. The van der Waals surface area contributed by atoms with Crippen LogP contribution in [0.1, 0.15) is 26.3 Å². The number of carbonyl (C=O) groups excluding carboxylic acids is 2. The molecule has 2 heterocycles.